The molecule has 0 unspecified atom stereocenters. The van der Waals surface area contributed by atoms with Crippen molar-refractivity contribution in [2.45, 2.75) is 330 Å². The summed E-state index contributed by atoms with van der Waals surface area (Å²) in [7, 11) is 0. The monoisotopic (exact) mass is 905 g/mol. The summed E-state index contributed by atoms with van der Waals surface area (Å²) in [5, 5.41) is 0. The number of hydrogen-bond acceptors (Lipinski definition) is 6. The number of carbonyl (C=O) groups excluding carboxylic acids is 3. The molecule has 0 bridgehead atoms. The SMILES string of the molecule is CCCCCCCCCCCCCCCCCC(=O)O[C@H](COC(=O)CCCCCCCCCCCCCCCCCC(C)C)COC(=O)CCCCCCCCCCCCC(C)C. The van der Waals surface area contributed by atoms with Crippen molar-refractivity contribution in [3.05, 3.63) is 0 Å². The van der Waals surface area contributed by atoms with Gasteiger partial charge in [-0.1, -0.05) is 285 Å². The molecule has 6 heteroatoms. The van der Waals surface area contributed by atoms with Crippen molar-refractivity contribution in [1.29, 1.82) is 0 Å². The van der Waals surface area contributed by atoms with Crippen LogP contribution in [0.25, 0.3) is 0 Å². The third-order valence-corrected chi connectivity index (χ3v) is 13.2. The molecule has 0 radical (unpaired) electrons. The topological polar surface area (TPSA) is 78.9 Å². The van der Waals surface area contributed by atoms with Crippen LogP contribution in [0, 0.1) is 11.8 Å². The van der Waals surface area contributed by atoms with E-state index in [1.54, 1.807) is 0 Å². The standard InChI is InChI=1S/C58H112O6/c1-6-7-8-9-10-11-12-13-15-20-23-30-35-40-45-50-58(61)64-55(52-63-57(60)49-44-39-34-29-25-24-27-32-37-42-47-54(4)5)51-62-56(59)48-43-38-33-28-22-19-17-14-16-18-21-26-31-36-41-46-53(2)3/h53-55H,6-52H2,1-5H3/t55-/m1/s1. The first-order valence-corrected chi connectivity index (χ1v) is 28.7. The van der Waals surface area contributed by atoms with E-state index in [-0.39, 0.29) is 31.1 Å². The van der Waals surface area contributed by atoms with E-state index in [4.69, 9.17) is 14.2 Å². The normalized spacial score (nSPS) is 12.0. The van der Waals surface area contributed by atoms with Crippen LogP contribution in [-0.4, -0.2) is 37.2 Å². The molecule has 0 saturated carbocycles. The smallest absolute Gasteiger partial charge is 0.306 e. The Hall–Kier alpha value is -1.59. The third kappa shape index (κ3) is 51.4. The number of rotatable bonds is 52. The molecule has 0 N–H and O–H groups in total. The highest BCUT2D eigenvalue weighted by Crippen LogP contribution is 2.18. The minimum absolute atomic E-state index is 0.0628. The summed E-state index contributed by atoms with van der Waals surface area (Å²) in [5.41, 5.74) is 0. The summed E-state index contributed by atoms with van der Waals surface area (Å²) in [6.45, 7) is 11.4. The van der Waals surface area contributed by atoms with E-state index < -0.39 is 6.10 Å². The summed E-state index contributed by atoms with van der Waals surface area (Å²) < 4.78 is 16.9. The molecule has 0 heterocycles. The van der Waals surface area contributed by atoms with Crippen LogP contribution < -0.4 is 0 Å². The van der Waals surface area contributed by atoms with Crippen LogP contribution in [0.4, 0.5) is 0 Å². The van der Waals surface area contributed by atoms with Crippen LogP contribution in [0.15, 0.2) is 0 Å². The maximum atomic E-state index is 12.8. The Bertz CT molecular complexity index is 978. The molecule has 0 aliphatic carbocycles. The third-order valence-electron chi connectivity index (χ3n) is 13.2. The molecule has 0 rings (SSSR count). The van der Waals surface area contributed by atoms with Crippen LogP contribution in [-0.2, 0) is 28.6 Å². The van der Waals surface area contributed by atoms with Gasteiger partial charge < -0.3 is 14.2 Å². The minimum Gasteiger partial charge on any atom is -0.462 e. The van der Waals surface area contributed by atoms with Crippen LogP contribution in [0.5, 0.6) is 0 Å². The van der Waals surface area contributed by atoms with Gasteiger partial charge in [0.05, 0.1) is 0 Å². The van der Waals surface area contributed by atoms with Gasteiger partial charge >= 0.3 is 17.9 Å². The summed E-state index contributed by atoms with van der Waals surface area (Å²) in [6.07, 6.45) is 53.8. The van der Waals surface area contributed by atoms with Crippen molar-refractivity contribution in [2.24, 2.45) is 11.8 Å². The zero-order valence-corrected chi connectivity index (χ0v) is 43.9. The Balaban J connectivity index is 4.28. The first-order chi connectivity index (χ1) is 31.2. The number of esters is 3. The minimum atomic E-state index is -0.762. The fraction of sp³-hybridized carbons (Fsp3) is 0.948. The zero-order chi connectivity index (χ0) is 46.8. The van der Waals surface area contributed by atoms with E-state index in [2.05, 4.69) is 34.6 Å². The predicted molar refractivity (Wildman–Crippen MR) is 275 cm³/mol. The number of ether oxygens (including phenoxy) is 3. The van der Waals surface area contributed by atoms with Crippen LogP contribution in [0.3, 0.4) is 0 Å². The molecule has 0 saturated heterocycles. The van der Waals surface area contributed by atoms with Crippen LogP contribution >= 0.6 is 0 Å². The molecule has 0 aromatic rings. The van der Waals surface area contributed by atoms with Crippen molar-refractivity contribution >= 4 is 17.9 Å². The largest absolute Gasteiger partial charge is 0.462 e. The van der Waals surface area contributed by atoms with Gasteiger partial charge in [0.1, 0.15) is 13.2 Å². The van der Waals surface area contributed by atoms with Crippen molar-refractivity contribution in [1.82, 2.24) is 0 Å². The van der Waals surface area contributed by atoms with Gasteiger partial charge in [-0.2, -0.15) is 0 Å². The molecular weight excluding hydrogens is 793 g/mol. The fourth-order valence-corrected chi connectivity index (χ4v) is 8.87. The van der Waals surface area contributed by atoms with Gasteiger partial charge in [-0.25, -0.2) is 0 Å². The summed E-state index contributed by atoms with van der Waals surface area (Å²) in [5.74, 6) is 0.828. The highest BCUT2D eigenvalue weighted by Gasteiger charge is 2.19. The Morgan fingerprint density at radius 1 is 0.297 bits per heavy atom. The van der Waals surface area contributed by atoms with E-state index in [0.717, 1.165) is 69.6 Å². The Morgan fingerprint density at radius 2 is 0.516 bits per heavy atom. The van der Waals surface area contributed by atoms with E-state index in [9.17, 15) is 14.4 Å². The second kappa shape index (κ2) is 50.8. The van der Waals surface area contributed by atoms with Crippen LogP contribution in [0.1, 0.15) is 324 Å². The van der Waals surface area contributed by atoms with Crippen molar-refractivity contribution in [2.75, 3.05) is 13.2 Å². The Morgan fingerprint density at radius 3 is 0.766 bits per heavy atom. The second-order valence-corrected chi connectivity index (χ2v) is 20.9. The van der Waals surface area contributed by atoms with Gasteiger partial charge in [0.2, 0.25) is 0 Å². The molecule has 64 heavy (non-hydrogen) atoms. The number of unbranched alkanes of at least 4 members (excludes halogenated alkanes) is 37. The van der Waals surface area contributed by atoms with Gasteiger partial charge in [0.15, 0.2) is 6.10 Å². The predicted octanol–water partition coefficient (Wildman–Crippen LogP) is 18.9. The molecule has 0 spiro atoms. The van der Waals surface area contributed by atoms with Gasteiger partial charge in [-0.3, -0.25) is 14.4 Å². The van der Waals surface area contributed by atoms with Crippen molar-refractivity contribution in [3.8, 4) is 0 Å². The molecule has 0 aliphatic heterocycles. The second-order valence-electron chi connectivity index (χ2n) is 20.9. The molecule has 6 nitrogen and oxygen atoms in total. The zero-order valence-electron chi connectivity index (χ0n) is 43.9. The van der Waals surface area contributed by atoms with Gasteiger partial charge in [0, 0.05) is 19.3 Å². The maximum absolute atomic E-state index is 12.8. The Labute approximate surface area is 399 Å². The first-order valence-electron chi connectivity index (χ1n) is 28.7. The Kier molecular flexibility index (Phi) is 49.6. The van der Waals surface area contributed by atoms with E-state index in [0.29, 0.717) is 19.3 Å². The van der Waals surface area contributed by atoms with Crippen LogP contribution in [0.2, 0.25) is 0 Å². The average Bonchev–Trinajstić information content (AvgIpc) is 3.27. The quantitative estimate of drug-likeness (QED) is 0.0344. The lowest BCUT2D eigenvalue weighted by molar-refractivity contribution is -0.167. The van der Waals surface area contributed by atoms with Gasteiger partial charge in [-0.05, 0) is 31.1 Å². The van der Waals surface area contributed by atoms with Crippen molar-refractivity contribution in [3.63, 3.8) is 0 Å². The molecule has 0 fully saturated rings. The molecule has 380 valence electrons. The summed E-state index contributed by atoms with van der Waals surface area (Å²) >= 11 is 0. The lowest BCUT2D eigenvalue weighted by Gasteiger charge is -2.18. The number of hydrogen-bond donors (Lipinski definition) is 0. The molecule has 1 atom stereocenters. The molecule has 0 aromatic heterocycles. The number of carbonyl (C=O) groups is 3. The summed E-state index contributed by atoms with van der Waals surface area (Å²) in [4.78, 5) is 38.1. The fourth-order valence-electron chi connectivity index (χ4n) is 8.87. The lowest BCUT2D eigenvalue weighted by atomic mass is 10.0. The van der Waals surface area contributed by atoms with E-state index in [1.807, 2.05) is 0 Å². The molecule has 0 amide bonds. The maximum Gasteiger partial charge on any atom is 0.306 e. The van der Waals surface area contributed by atoms with E-state index in [1.165, 1.54) is 212 Å². The highest BCUT2D eigenvalue weighted by atomic mass is 16.6. The molecule has 0 aromatic carbocycles. The van der Waals surface area contributed by atoms with Gasteiger partial charge in [0.25, 0.3) is 0 Å². The lowest BCUT2D eigenvalue weighted by Crippen LogP contribution is -2.30. The molecule has 0 aliphatic rings. The summed E-state index contributed by atoms with van der Waals surface area (Å²) in [6, 6.07) is 0. The van der Waals surface area contributed by atoms with E-state index >= 15 is 0 Å². The highest BCUT2D eigenvalue weighted by molar-refractivity contribution is 5.71. The van der Waals surface area contributed by atoms with Gasteiger partial charge in [-0.15, -0.1) is 0 Å². The first kappa shape index (κ1) is 62.4. The average molecular weight is 906 g/mol. The molecular formula is C58H112O6. The van der Waals surface area contributed by atoms with Crippen molar-refractivity contribution < 1.29 is 28.6 Å².